The van der Waals surface area contributed by atoms with Crippen molar-refractivity contribution in [3.8, 4) is 0 Å². The molecule has 1 heterocycles. The molecule has 2 fully saturated rings. The minimum absolute atomic E-state index is 0.0782. The first-order valence-electron chi connectivity index (χ1n) is 6.76. The molecule has 1 amide bonds. The van der Waals surface area contributed by atoms with Crippen LogP contribution in [-0.2, 0) is 9.59 Å². The normalized spacial score (nSPS) is 30.8. The van der Waals surface area contributed by atoms with Gasteiger partial charge in [-0.2, -0.15) is 0 Å². The Bertz CT molecular complexity index is 343. The molecular formula is C13H22N2O3. The second-order valence-electron chi connectivity index (χ2n) is 5.72. The highest BCUT2D eigenvalue weighted by molar-refractivity contribution is 5.85. The van der Waals surface area contributed by atoms with E-state index in [9.17, 15) is 14.7 Å². The standard InChI is InChI=1S/C13H22N2O3/c1-8(2)14-6-11(16)15-7-9-4-3-5-10(9)12(15)13(17)18/h8-10,12,14H,3-7H2,1-2H3,(H,17,18). The van der Waals surface area contributed by atoms with Gasteiger partial charge < -0.3 is 15.3 Å². The second kappa shape index (κ2) is 5.26. The Morgan fingerprint density at radius 2 is 2.11 bits per heavy atom. The highest BCUT2D eigenvalue weighted by Gasteiger charge is 2.49. The zero-order valence-corrected chi connectivity index (χ0v) is 11.1. The largest absolute Gasteiger partial charge is 0.480 e. The smallest absolute Gasteiger partial charge is 0.326 e. The van der Waals surface area contributed by atoms with Crippen LogP contribution in [0.15, 0.2) is 0 Å². The fraction of sp³-hybridized carbons (Fsp3) is 0.846. The number of nitrogens with one attached hydrogen (secondary N) is 1. The number of hydrogen-bond donors (Lipinski definition) is 2. The predicted octanol–water partition coefficient (Wildman–Crippen LogP) is 0.696. The van der Waals surface area contributed by atoms with E-state index in [-0.39, 0.29) is 24.4 Å². The molecule has 2 aliphatic rings. The van der Waals surface area contributed by atoms with Gasteiger partial charge in [0.15, 0.2) is 0 Å². The minimum Gasteiger partial charge on any atom is -0.480 e. The van der Waals surface area contributed by atoms with E-state index in [2.05, 4.69) is 5.32 Å². The summed E-state index contributed by atoms with van der Waals surface area (Å²) in [5, 5.41) is 12.4. The van der Waals surface area contributed by atoms with Gasteiger partial charge in [-0.25, -0.2) is 4.79 Å². The first kappa shape index (κ1) is 13.3. The van der Waals surface area contributed by atoms with Gasteiger partial charge in [0.1, 0.15) is 6.04 Å². The van der Waals surface area contributed by atoms with Crippen LogP contribution < -0.4 is 5.32 Å². The number of fused-ring (bicyclic) bond motifs is 1. The maximum Gasteiger partial charge on any atom is 0.326 e. The Labute approximate surface area is 108 Å². The third-order valence-electron chi connectivity index (χ3n) is 4.13. The van der Waals surface area contributed by atoms with Crippen LogP contribution in [0, 0.1) is 11.8 Å². The van der Waals surface area contributed by atoms with Gasteiger partial charge in [-0.15, -0.1) is 0 Å². The average Bonchev–Trinajstić information content (AvgIpc) is 2.83. The van der Waals surface area contributed by atoms with Crippen LogP contribution in [0.1, 0.15) is 33.1 Å². The number of amides is 1. The molecular weight excluding hydrogens is 232 g/mol. The molecule has 0 bridgehead atoms. The van der Waals surface area contributed by atoms with Crippen molar-refractivity contribution in [1.82, 2.24) is 10.2 Å². The molecule has 18 heavy (non-hydrogen) atoms. The Hall–Kier alpha value is -1.10. The van der Waals surface area contributed by atoms with Gasteiger partial charge in [-0.3, -0.25) is 4.79 Å². The zero-order chi connectivity index (χ0) is 13.3. The van der Waals surface area contributed by atoms with Crippen LogP contribution in [0.5, 0.6) is 0 Å². The highest BCUT2D eigenvalue weighted by atomic mass is 16.4. The van der Waals surface area contributed by atoms with E-state index in [1.54, 1.807) is 4.90 Å². The molecule has 5 heteroatoms. The van der Waals surface area contributed by atoms with Crippen molar-refractivity contribution in [3.63, 3.8) is 0 Å². The fourth-order valence-corrected chi connectivity index (χ4v) is 3.27. The van der Waals surface area contributed by atoms with Crippen LogP contribution in [0.25, 0.3) is 0 Å². The SMILES string of the molecule is CC(C)NCC(=O)N1CC2CCCC2C1C(=O)O. The fourth-order valence-electron chi connectivity index (χ4n) is 3.27. The lowest BCUT2D eigenvalue weighted by Crippen LogP contribution is -2.47. The second-order valence-corrected chi connectivity index (χ2v) is 5.72. The number of hydrogen-bond acceptors (Lipinski definition) is 3. The van der Waals surface area contributed by atoms with Gasteiger partial charge >= 0.3 is 5.97 Å². The van der Waals surface area contributed by atoms with Gasteiger partial charge in [-0.05, 0) is 24.7 Å². The molecule has 3 atom stereocenters. The molecule has 102 valence electrons. The van der Waals surface area contributed by atoms with E-state index in [0.717, 1.165) is 19.3 Å². The van der Waals surface area contributed by atoms with E-state index in [1.807, 2.05) is 13.8 Å². The molecule has 0 radical (unpaired) electrons. The Balaban J connectivity index is 2.03. The molecule has 1 saturated carbocycles. The van der Waals surface area contributed by atoms with Gasteiger partial charge in [0.25, 0.3) is 0 Å². The number of rotatable bonds is 4. The summed E-state index contributed by atoms with van der Waals surface area (Å²) in [6, 6.07) is -0.363. The Morgan fingerprint density at radius 3 is 2.72 bits per heavy atom. The van der Waals surface area contributed by atoms with E-state index in [1.165, 1.54) is 0 Å². The lowest BCUT2D eigenvalue weighted by atomic mass is 9.94. The monoisotopic (exact) mass is 254 g/mol. The van der Waals surface area contributed by atoms with Crippen molar-refractivity contribution in [3.05, 3.63) is 0 Å². The molecule has 1 saturated heterocycles. The van der Waals surface area contributed by atoms with Gasteiger partial charge in [0, 0.05) is 12.6 Å². The summed E-state index contributed by atoms with van der Waals surface area (Å²) in [5.41, 5.74) is 0. The number of carboxylic acid groups (broad SMARTS) is 1. The summed E-state index contributed by atoms with van der Waals surface area (Å²) in [6.07, 6.45) is 3.12. The molecule has 1 aliphatic heterocycles. The van der Waals surface area contributed by atoms with Gasteiger partial charge in [0.05, 0.1) is 6.54 Å². The van der Waals surface area contributed by atoms with Crippen LogP contribution in [0.4, 0.5) is 0 Å². The van der Waals surface area contributed by atoms with Crippen molar-refractivity contribution >= 4 is 11.9 Å². The summed E-state index contributed by atoms with van der Waals surface area (Å²) in [6.45, 7) is 4.81. The van der Waals surface area contributed by atoms with Crippen molar-refractivity contribution in [2.75, 3.05) is 13.1 Å². The molecule has 3 unspecified atom stereocenters. The maximum atomic E-state index is 12.1. The Kier molecular flexibility index (Phi) is 3.90. The van der Waals surface area contributed by atoms with Crippen molar-refractivity contribution in [2.45, 2.75) is 45.2 Å². The summed E-state index contributed by atoms with van der Waals surface area (Å²) in [4.78, 5) is 25.1. The molecule has 0 aromatic heterocycles. The Morgan fingerprint density at radius 1 is 1.39 bits per heavy atom. The molecule has 5 nitrogen and oxygen atoms in total. The minimum atomic E-state index is -0.845. The first-order chi connectivity index (χ1) is 8.50. The van der Waals surface area contributed by atoms with Gasteiger partial charge in [-0.1, -0.05) is 20.3 Å². The zero-order valence-electron chi connectivity index (χ0n) is 11.1. The van der Waals surface area contributed by atoms with Crippen molar-refractivity contribution in [2.24, 2.45) is 11.8 Å². The molecule has 0 aromatic carbocycles. The third kappa shape index (κ3) is 2.51. The molecule has 2 N–H and O–H groups in total. The number of likely N-dealkylation sites (tertiary alicyclic amines) is 1. The number of carbonyl (C=O) groups is 2. The summed E-state index contributed by atoms with van der Waals surface area (Å²) < 4.78 is 0. The van der Waals surface area contributed by atoms with Crippen LogP contribution >= 0.6 is 0 Å². The quantitative estimate of drug-likeness (QED) is 0.774. The highest BCUT2D eigenvalue weighted by Crippen LogP contribution is 2.42. The van der Waals surface area contributed by atoms with Crippen LogP contribution in [-0.4, -0.2) is 47.1 Å². The average molecular weight is 254 g/mol. The maximum absolute atomic E-state index is 12.1. The van der Waals surface area contributed by atoms with Crippen molar-refractivity contribution < 1.29 is 14.7 Å². The summed E-state index contributed by atoms with van der Waals surface area (Å²) in [5.74, 6) is -0.354. The van der Waals surface area contributed by atoms with E-state index in [0.29, 0.717) is 12.5 Å². The van der Waals surface area contributed by atoms with Crippen LogP contribution in [0.3, 0.4) is 0 Å². The summed E-state index contributed by atoms with van der Waals surface area (Å²) in [7, 11) is 0. The number of carboxylic acids is 1. The molecule has 2 rings (SSSR count). The topological polar surface area (TPSA) is 69.6 Å². The molecule has 1 aliphatic carbocycles. The first-order valence-corrected chi connectivity index (χ1v) is 6.76. The lowest BCUT2D eigenvalue weighted by Gasteiger charge is -2.25. The van der Waals surface area contributed by atoms with Crippen LogP contribution in [0.2, 0.25) is 0 Å². The number of aliphatic carboxylic acids is 1. The van der Waals surface area contributed by atoms with E-state index < -0.39 is 12.0 Å². The summed E-state index contributed by atoms with van der Waals surface area (Å²) >= 11 is 0. The number of nitrogens with zero attached hydrogens (tertiary/aromatic N) is 1. The molecule has 0 aromatic rings. The van der Waals surface area contributed by atoms with E-state index in [4.69, 9.17) is 0 Å². The van der Waals surface area contributed by atoms with E-state index >= 15 is 0 Å². The van der Waals surface area contributed by atoms with Crippen molar-refractivity contribution in [1.29, 1.82) is 0 Å². The number of carbonyl (C=O) groups excluding carboxylic acids is 1. The lowest BCUT2D eigenvalue weighted by molar-refractivity contribution is -0.149. The van der Waals surface area contributed by atoms with Gasteiger partial charge in [0.2, 0.25) is 5.91 Å². The molecule has 0 spiro atoms. The predicted molar refractivity (Wildman–Crippen MR) is 67.1 cm³/mol. The third-order valence-corrected chi connectivity index (χ3v) is 4.13.